The summed E-state index contributed by atoms with van der Waals surface area (Å²) >= 11 is 1.51. The van der Waals surface area contributed by atoms with Gasteiger partial charge in [-0.1, -0.05) is 12.1 Å². The van der Waals surface area contributed by atoms with Crippen LogP contribution in [0.2, 0.25) is 0 Å². The third kappa shape index (κ3) is 3.77. The molecule has 1 aromatic carbocycles. The van der Waals surface area contributed by atoms with E-state index >= 15 is 0 Å². The first-order valence-corrected chi connectivity index (χ1v) is 7.23. The maximum absolute atomic E-state index is 12.2. The minimum Gasteiger partial charge on any atom is -0.399 e. The molecule has 20 heavy (non-hydrogen) atoms. The molecule has 6 heteroatoms. The molecule has 0 spiro atoms. The number of aryl methyl sites for hydroxylation is 1. The molecule has 2 rings (SSSR count). The second-order valence-electron chi connectivity index (χ2n) is 4.40. The Morgan fingerprint density at radius 2 is 2.15 bits per heavy atom. The Labute approximate surface area is 121 Å². The van der Waals surface area contributed by atoms with E-state index in [4.69, 9.17) is 10.3 Å². The summed E-state index contributed by atoms with van der Waals surface area (Å²) in [6.07, 6.45) is 0.720. The summed E-state index contributed by atoms with van der Waals surface area (Å²) in [6.45, 7) is 3.76. The van der Waals surface area contributed by atoms with Gasteiger partial charge in [-0.05, 0) is 37.6 Å². The average Bonchev–Trinajstić information content (AvgIpc) is 2.83. The number of nitrogens with zero attached hydrogens (tertiary/aromatic N) is 1. The van der Waals surface area contributed by atoms with Crippen LogP contribution in [0.1, 0.15) is 19.1 Å². The predicted octanol–water partition coefficient (Wildman–Crippen LogP) is 3.07. The molecule has 3 N–H and O–H groups in total. The SMILES string of the molecule is CCC(Sc1ccc(N)cc1)C(=O)Nc1cc(C)on1. The molecule has 0 bridgehead atoms. The number of carbonyl (C=O) groups is 1. The number of aromatic nitrogens is 1. The number of nitrogens with two attached hydrogens (primary N) is 1. The van der Waals surface area contributed by atoms with Crippen LogP contribution in [0, 0.1) is 6.92 Å². The summed E-state index contributed by atoms with van der Waals surface area (Å²) in [6, 6.07) is 9.17. The van der Waals surface area contributed by atoms with Crippen molar-refractivity contribution in [2.24, 2.45) is 0 Å². The molecular formula is C14H17N3O2S. The molecule has 0 saturated heterocycles. The second kappa shape index (κ2) is 6.47. The zero-order valence-electron chi connectivity index (χ0n) is 11.4. The summed E-state index contributed by atoms with van der Waals surface area (Å²) < 4.78 is 4.92. The molecule has 1 unspecified atom stereocenters. The molecule has 2 aromatic rings. The number of thioether (sulfide) groups is 1. The molecule has 106 valence electrons. The van der Waals surface area contributed by atoms with Gasteiger partial charge in [-0.3, -0.25) is 4.79 Å². The number of rotatable bonds is 5. The van der Waals surface area contributed by atoms with E-state index in [1.807, 2.05) is 31.2 Å². The van der Waals surface area contributed by atoms with Crippen LogP contribution in [-0.2, 0) is 4.79 Å². The van der Waals surface area contributed by atoms with Crippen molar-refractivity contribution in [2.45, 2.75) is 30.4 Å². The smallest absolute Gasteiger partial charge is 0.239 e. The molecule has 1 heterocycles. The number of anilines is 2. The third-order valence-electron chi connectivity index (χ3n) is 2.70. The van der Waals surface area contributed by atoms with E-state index in [9.17, 15) is 4.79 Å². The number of amides is 1. The first kappa shape index (κ1) is 14.5. The van der Waals surface area contributed by atoms with E-state index in [-0.39, 0.29) is 11.2 Å². The number of hydrogen-bond donors (Lipinski definition) is 2. The normalized spacial score (nSPS) is 12.1. The van der Waals surface area contributed by atoms with Crippen LogP contribution in [0.15, 0.2) is 39.8 Å². The van der Waals surface area contributed by atoms with Crippen molar-refractivity contribution < 1.29 is 9.32 Å². The molecule has 1 atom stereocenters. The van der Waals surface area contributed by atoms with Crippen LogP contribution >= 0.6 is 11.8 Å². The van der Waals surface area contributed by atoms with Gasteiger partial charge in [-0.15, -0.1) is 11.8 Å². The van der Waals surface area contributed by atoms with Crippen LogP contribution in [0.3, 0.4) is 0 Å². The zero-order chi connectivity index (χ0) is 14.5. The first-order chi connectivity index (χ1) is 9.58. The second-order valence-corrected chi connectivity index (χ2v) is 5.67. The van der Waals surface area contributed by atoms with Crippen molar-refractivity contribution in [3.8, 4) is 0 Å². The van der Waals surface area contributed by atoms with Gasteiger partial charge in [0.05, 0.1) is 5.25 Å². The minimum atomic E-state index is -0.185. The number of carbonyl (C=O) groups excluding carboxylic acids is 1. The average molecular weight is 291 g/mol. The van der Waals surface area contributed by atoms with Crippen molar-refractivity contribution in [1.29, 1.82) is 0 Å². The van der Waals surface area contributed by atoms with E-state index < -0.39 is 0 Å². The summed E-state index contributed by atoms with van der Waals surface area (Å²) in [5, 5.41) is 6.33. The van der Waals surface area contributed by atoms with Gasteiger partial charge in [0.15, 0.2) is 5.82 Å². The summed E-state index contributed by atoms with van der Waals surface area (Å²) in [7, 11) is 0. The Hall–Kier alpha value is -1.95. The Bertz CT molecular complexity index is 580. The van der Waals surface area contributed by atoms with E-state index in [2.05, 4.69) is 10.5 Å². The zero-order valence-corrected chi connectivity index (χ0v) is 12.2. The molecule has 1 amide bonds. The fraction of sp³-hybridized carbons (Fsp3) is 0.286. The van der Waals surface area contributed by atoms with Crippen LogP contribution < -0.4 is 11.1 Å². The van der Waals surface area contributed by atoms with Crippen LogP contribution in [-0.4, -0.2) is 16.3 Å². The van der Waals surface area contributed by atoms with Crippen molar-refractivity contribution in [3.05, 3.63) is 36.1 Å². The highest BCUT2D eigenvalue weighted by Gasteiger charge is 2.19. The number of hydrogen-bond acceptors (Lipinski definition) is 5. The topological polar surface area (TPSA) is 81.2 Å². The third-order valence-corrected chi connectivity index (χ3v) is 4.08. The van der Waals surface area contributed by atoms with Crippen molar-refractivity contribution in [3.63, 3.8) is 0 Å². The van der Waals surface area contributed by atoms with E-state index in [0.29, 0.717) is 17.3 Å². The summed E-state index contributed by atoms with van der Waals surface area (Å²) in [4.78, 5) is 13.2. The van der Waals surface area contributed by atoms with Gasteiger partial charge >= 0.3 is 0 Å². The van der Waals surface area contributed by atoms with E-state index in [1.54, 1.807) is 13.0 Å². The fourth-order valence-corrected chi connectivity index (χ4v) is 2.62. The maximum atomic E-state index is 12.2. The van der Waals surface area contributed by atoms with Gasteiger partial charge in [0.1, 0.15) is 5.76 Å². The van der Waals surface area contributed by atoms with Gasteiger partial charge in [0.2, 0.25) is 5.91 Å². The Kier molecular flexibility index (Phi) is 4.68. The lowest BCUT2D eigenvalue weighted by molar-refractivity contribution is -0.115. The Balaban J connectivity index is 2.00. The van der Waals surface area contributed by atoms with Gasteiger partial charge in [0.25, 0.3) is 0 Å². The molecular weight excluding hydrogens is 274 g/mol. The molecule has 1 aromatic heterocycles. The largest absolute Gasteiger partial charge is 0.399 e. The Morgan fingerprint density at radius 1 is 1.45 bits per heavy atom. The van der Waals surface area contributed by atoms with Crippen LogP contribution in [0.4, 0.5) is 11.5 Å². The van der Waals surface area contributed by atoms with E-state index in [1.165, 1.54) is 11.8 Å². The first-order valence-electron chi connectivity index (χ1n) is 6.35. The van der Waals surface area contributed by atoms with Gasteiger partial charge < -0.3 is 15.6 Å². The van der Waals surface area contributed by atoms with Crippen LogP contribution in [0.25, 0.3) is 0 Å². The van der Waals surface area contributed by atoms with Crippen molar-refractivity contribution >= 4 is 29.2 Å². The molecule has 5 nitrogen and oxygen atoms in total. The maximum Gasteiger partial charge on any atom is 0.239 e. The van der Waals surface area contributed by atoms with Gasteiger partial charge in [-0.25, -0.2) is 0 Å². The number of nitrogens with one attached hydrogen (secondary N) is 1. The number of benzene rings is 1. The summed E-state index contributed by atoms with van der Waals surface area (Å²) in [5.41, 5.74) is 6.36. The monoisotopic (exact) mass is 291 g/mol. The van der Waals surface area contributed by atoms with Crippen molar-refractivity contribution in [2.75, 3.05) is 11.1 Å². The lowest BCUT2D eigenvalue weighted by Gasteiger charge is -2.13. The van der Waals surface area contributed by atoms with E-state index in [0.717, 1.165) is 11.3 Å². The fourth-order valence-electron chi connectivity index (χ4n) is 1.66. The van der Waals surface area contributed by atoms with Crippen molar-refractivity contribution in [1.82, 2.24) is 5.16 Å². The molecule has 0 aliphatic heterocycles. The molecule has 0 saturated carbocycles. The highest BCUT2D eigenvalue weighted by molar-refractivity contribution is 8.00. The molecule has 0 fully saturated rings. The Morgan fingerprint density at radius 3 is 2.70 bits per heavy atom. The highest BCUT2D eigenvalue weighted by Crippen LogP contribution is 2.27. The number of nitrogen functional groups attached to an aromatic ring is 1. The van der Waals surface area contributed by atoms with Gasteiger partial charge in [0, 0.05) is 16.6 Å². The standard InChI is InChI=1S/C14H17N3O2S/c1-3-12(20-11-6-4-10(15)5-7-11)14(18)16-13-8-9(2)19-17-13/h4-8,12H,3,15H2,1-2H3,(H,16,17,18). The molecule has 0 aliphatic carbocycles. The molecule has 0 radical (unpaired) electrons. The molecule has 0 aliphatic rings. The minimum absolute atomic E-state index is 0.0809. The van der Waals surface area contributed by atoms with Crippen LogP contribution in [0.5, 0.6) is 0 Å². The predicted molar refractivity (Wildman–Crippen MR) is 80.7 cm³/mol. The quantitative estimate of drug-likeness (QED) is 0.653. The summed E-state index contributed by atoms with van der Waals surface area (Å²) in [5.74, 6) is 1.03. The highest BCUT2D eigenvalue weighted by atomic mass is 32.2. The van der Waals surface area contributed by atoms with Gasteiger partial charge in [-0.2, -0.15) is 0 Å². The lowest BCUT2D eigenvalue weighted by atomic mass is 10.3. The lowest BCUT2D eigenvalue weighted by Crippen LogP contribution is -2.24.